The Morgan fingerprint density at radius 3 is 2.38 bits per heavy atom. The van der Waals surface area contributed by atoms with E-state index in [1.54, 1.807) is 13.8 Å². The molecule has 0 bridgehead atoms. The molecule has 0 spiro atoms. The zero-order chi connectivity index (χ0) is 15.5. The molecule has 0 aromatic heterocycles. The van der Waals surface area contributed by atoms with Crippen molar-refractivity contribution >= 4 is 5.97 Å². The monoisotopic (exact) mass is 297 g/mol. The van der Waals surface area contributed by atoms with Gasteiger partial charge in [-0.25, -0.2) is 8.78 Å². The smallest absolute Gasteiger partial charge is 0.308 e. The van der Waals surface area contributed by atoms with Gasteiger partial charge in [-0.3, -0.25) is 9.69 Å². The fourth-order valence-corrected chi connectivity index (χ4v) is 3.07. The lowest BCUT2D eigenvalue weighted by molar-refractivity contribution is -0.146. The number of ether oxygens (including phenoxy) is 1. The SMILES string of the molecule is CCOC(=O)CC(C)(c1c(F)cccc1F)N1CCCC1. The number of carbonyl (C=O) groups excluding carboxylic acids is 1. The predicted molar refractivity (Wildman–Crippen MR) is 75.8 cm³/mol. The average molecular weight is 297 g/mol. The maximum Gasteiger partial charge on any atom is 0.308 e. The standard InChI is InChI=1S/C16H21F2NO2/c1-3-21-14(20)11-16(2,19-9-4-5-10-19)15-12(17)7-6-8-13(15)18/h6-8H,3-5,9-11H2,1-2H3. The third-order valence-corrected chi connectivity index (χ3v) is 4.10. The molecule has 1 aromatic carbocycles. The summed E-state index contributed by atoms with van der Waals surface area (Å²) in [5, 5.41) is 0. The van der Waals surface area contributed by atoms with E-state index < -0.39 is 23.1 Å². The van der Waals surface area contributed by atoms with Crippen LogP contribution in [0.5, 0.6) is 0 Å². The molecule has 1 aromatic rings. The fraction of sp³-hybridized carbons (Fsp3) is 0.562. The lowest BCUT2D eigenvalue weighted by Gasteiger charge is -2.39. The van der Waals surface area contributed by atoms with Gasteiger partial charge in [-0.15, -0.1) is 0 Å². The zero-order valence-electron chi connectivity index (χ0n) is 12.5. The summed E-state index contributed by atoms with van der Waals surface area (Å²) in [6.07, 6.45) is 1.88. The topological polar surface area (TPSA) is 29.5 Å². The summed E-state index contributed by atoms with van der Waals surface area (Å²) in [4.78, 5) is 13.9. The van der Waals surface area contributed by atoms with Gasteiger partial charge < -0.3 is 4.74 Å². The number of rotatable bonds is 5. The van der Waals surface area contributed by atoms with Crippen LogP contribution in [0.4, 0.5) is 8.78 Å². The minimum atomic E-state index is -1.02. The molecule has 1 heterocycles. The molecule has 0 aliphatic carbocycles. The largest absolute Gasteiger partial charge is 0.466 e. The molecule has 1 unspecified atom stereocenters. The number of esters is 1. The number of nitrogens with zero attached hydrogens (tertiary/aromatic N) is 1. The van der Waals surface area contributed by atoms with Gasteiger partial charge in [-0.05, 0) is 51.9 Å². The highest BCUT2D eigenvalue weighted by Crippen LogP contribution is 2.37. The maximum absolute atomic E-state index is 14.2. The van der Waals surface area contributed by atoms with E-state index in [9.17, 15) is 13.6 Å². The second-order valence-corrected chi connectivity index (χ2v) is 5.55. The molecule has 0 amide bonds. The summed E-state index contributed by atoms with van der Waals surface area (Å²) in [5.41, 5.74) is -1.06. The second-order valence-electron chi connectivity index (χ2n) is 5.55. The van der Waals surface area contributed by atoms with Gasteiger partial charge >= 0.3 is 5.97 Å². The third kappa shape index (κ3) is 3.23. The first kappa shape index (κ1) is 15.9. The van der Waals surface area contributed by atoms with Crippen molar-refractivity contribution in [2.45, 2.75) is 38.6 Å². The Morgan fingerprint density at radius 2 is 1.86 bits per heavy atom. The van der Waals surface area contributed by atoms with E-state index >= 15 is 0 Å². The van der Waals surface area contributed by atoms with Crippen LogP contribution in [0, 0.1) is 11.6 Å². The van der Waals surface area contributed by atoms with Gasteiger partial charge in [0, 0.05) is 5.56 Å². The normalized spacial score (nSPS) is 18.5. The van der Waals surface area contributed by atoms with E-state index in [0.29, 0.717) is 0 Å². The van der Waals surface area contributed by atoms with Crippen LogP contribution in [0.3, 0.4) is 0 Å². The fourth-order valence-electron chi connectivity index (χ4n) is 3.07. The van der Waals surface area contributed by atoms with Crippen LogP contribution in [-0.4, -0.2) is 30.6 Å². The Morgan fingerprint density at radius 1 is 1.29 bits per heavy atom. The van der Waals surface area contributed by atoms with E-state index in [0.717, 1.165) is 25.9 Å². The molecule has 1 atom stereocenters. The molecule has 0 N–H and O–H groups in total. The van der Waals surface area contributed by atoms with Gasteiger partial charge in [0.1, 0.15) is 11.6 Å². The van der Waals surface area contributed by atoms with Crippen molar-refractivity contribution in [3.8, 4) is 0 Å². The van der Waals surface area contributed by atoms with Crippen LogP contribution < -0.4 is 0 Å². The van der Waals surface area contributed by atoms with Crippen molar-refractivity contribution in [1.29, 1.82) is 0 Å². The minimum absolute atomic E-state index is 0.0417. The number of likely N-dealkylation sites (tertiary alicyclic amines) is 1. The summed E-state index contributed by atoms with van der Waals surface area (Å²) in [6, 6.07) is 3.80. The first-order valence-electron chi connectivity index (χ1n) is 7.34. The zero-order valence-corrected chi connectivity index (χ0v) is 12.5. The Kier molecular flexibility index (Phi) is 4.93. The van der Waals surface area contributed by atoms with E-state index in [-0.39, 0.29) is 18.6 Å². The Labute approximate surface area is 123 Å². The Balaban J connectivity index is 2.42. The van der Waals surface area contributed by atoms with Crippen molar-refractivity contribution in [2.75, 3.05) is 19.7 Å². The van der Waals surface area contributed by atoms with Crippen LogP contribution in [-0.2, 0) is 15.1 Å². The number of carbonyl (C=O) groups is 1. The quantitative estimate of drug-likeness (QED) is 0.782. The molecule has 0 saturated carbocycles. The average Bonchev–Trinajstić information content (AvgIpc) is 2.92. The van der Waals surface area contributed by atoms with Crippen molar-refractivity contribution in [1.82, 2.24) is 4.90 Å². The summed E-state index contributed by atoms with van der Waals surface area (Å²) in [6.45, 7) is 5.15. The number of halogens is 2. The first-order chi connectivity index (χ1) is 9.99. The molecule has 116 valence electrons. The Hall–Kier alpha value is -1.49. The van der Waals surface area contributed by atoms with Gasteiger partial charge in [0.25, 0.3) is 0 Å². The van der Waals surface area contributed by atoms with Gasteiger partial charge in [-0.1, -0.05) is 6.07 Å². The van der Waals surface area contributed by atoms with E-state index in [1.165, 1.54) is 18.2 Å². The summed E-state index contributed by atoms with van der Waals surface area (Å²) in [7, 11) is 0. The van der Waals surface area contributed by atoms with Crippen LogP contribution in [0.2, 0.25) is 0 Å². The van der Waals surface area contributed by atoms with Crippen molar-refractivity contribution in [2.24, 2.45) is 0 Å². The molecular weight excluding hydrogens is 276 g/mol. The van der Waals surface area contributed by atoms with Crippen LogP contribution in [0.1, 0.15) is 38.7 Å². The highest BCUT2D eigenvalue weighted by atomic mass is 19.1. The molecule has 2 rings (SSSR count). The molecule has 0 radical (unpaired) electrons. The highest BCUT2D eigenvalue weighted by molar-refractivity contribution is 5.71. The molecule has 1 saturated heterocycles. The molecular formula is C16H21F2NO2. The van der Waals surface area contributed by atoms with E-state index in [2.05, 4.69) is 0 Å². The lowest BCUT2D eigenvalue weighted by Crippen LogP contribution is -2.45. The molecule has 3 nitrogen and oxygen atoms in total. The third-order valence-electron chi connectivity index (χ3n) is 4.10. The van der Waals surface area contributed by atoms with E-state index in [1.807, 2.05) is 4.90 Å². The van der Waals surface area contributed by atoms with Crippen molar-refractivity contribution in [3.63, 3.8) is 0 Å². The number of hydrogen-bond donors (Lipinski definition) is 0. The highest BCUT2D eigenvalue weighted by Gasteiger charge is 2.41. The minimum Gasteiger partial charge on any atom is -0.466 e. The molecule has 5 heteroatoms. The second kappa shape index (κ2) is 6.52. The van der Waals surface area contributed by atoms with Gasteiger partial charge in [0.15, 0.2) is 0 Å². The summed E-state index contributed by atoms with van der Waals surface area (Å²) < 4.78 is 33.4. The molecule has 1 fully saturated rings. The van der Waals surface area contributed by atoms with Crippen molar-refractivity contribution < 1.29 is 18.3 Å². The number of benzene rings is 1. The predicted octanol–water partition coefficient (Wildman–Crippen LogP) is 3.23. The first-order valence-corrected chi connectivity index (χ1v) is 7.34. The van der Waals surface area contributed by atoms with Gasteiger partial charge in [-0.2, -0.15) is 0 Å². The van der Waals surface area contributed by atoms with Crippen LogP contribution in [0.15, 0.2) is 18.2 Å². The molecule has 1 aliphatic heterocycles. The maximum atomic E-state index is 14.2. The van der Waals surface area contributed by atoms with Crippen LogP contribution >= 0.6 is 0 Å². The summed E-state index contributed by atoms with van der Waals surface area (Å²) >= 11 is 0. The van der Waals surface area contributed by atoms with Crippen LogP contribution in [0.25, 0.3) is 0 Å². The number of hydrogen-bond acceptors (Lipinski definition) is 3. The summed E-state index contributed by atoms with van der Waals surface area (Å²) in [5.74, 6) is -1.67. The van der Waals surface area contributed by atoms with Gasteiger partial charge in [0.2, 0.25) is 0 Å². The molecule has 1 aliphatic rings. The Bertz CT molecular complexity index is 495. The van der Waals surface area contributed by atoms with Gasteiger partial charge in [0.05, 0.1) is 18.6 Å². The lowest BCUT2D eigenvalue weighted by atomic mass is 9.86. The van der Waals surface area contributed by atoms with E-state index in [4.69, 9.17) is 4.74 Å². The molecule has 21 heavy (non-hydrogen) atoms. The van der Waals surface area contributed by atoms with Crippen molar-refractivity contribution in [3.05, 3.63) is 35.4 Å².